The van der Waals surface area contributed by atoms with Crippen LogP contribution in [-0.2, 0) is 11.3 Å². The van der Waals surface area contributed by atoms with Crippen LogP contribution < -0.4 is 4.57 Å². The van der Waals surface area contributed by atoms with Gasteiger partial charge in [0.25, 0.3) is 5.91 Å². The molecule has 8 heteroatoms. The second kappa shape index (κ2) is 5.55. The molecular weight excluding hydrogens is 310 g/mol. The Morgan fingerprint density at radius 1 is 1.38 bits per heavy atom. The number of aromatic nitrogens is 2. The number of aliphatic imine (C=N–C) groups is 1. The number of amides is 3. The minimum Gasteiger partial charge on any atom is -0.393 e. The summed E-state index contributed by atoms with van der Waals surface area (Å²) < 4.78 is 3.71. The first-order chi connectivity index (χ1) is 11.3. The number of carbonyl (C=O) groups is 2. The van der Waals surface area contributed by atoms with Crippen LogP contribution in [-0.4, -0.2) is 57.4 Å². The molecule has 2 aliphatic rings. The number of hydrogen-bond acceptors (Lipinski definition) is 4. The average Bonchev–Trinajstić information content (AvgIpc) is 3.02. The summed E-state index contributed by atoms with van der Waals surface area (Å²) in [5.74, 6) is 0.713. The number of urea groups is 1. The average molecular weight is 332 g/mol. The minimum atomic E-state index is -0.652. The van der Waals surface area contributed by atoms with Crippen LogP contribution in [0.3, 0.4) is 0 Å². The Hall–Kier alpha value is -2.48. The SMILES string of the molecule is C=C(C)CN1C(=O)C2C(=Nc3n2c(C)c(C)[n+]3CCO)N(C)C1=O. The maximum absolute atomic E-state index is 13.0. The van der Waals surface area contributed by atoms with Crippen LogP contribution in [0.5, 0.6) is 0 Å². The Morgan fingerprint density at radius 3 is 2.62 bits per heavy atom. The number of imidazole rings is 1. The molecule has 1 saturated heterocycles. The van der Waals surface area contributed by atoms with Gasteiger partial charge in [-0.25, -0.2) is 13.9 Å². The van der Waals surface area contributed by atoms with Crippen molar-refractivity contribution in [1.29, 1.82) is 0 Å². The zero-order chi connectivity index (χ0) is 17.8. The summed E-state index contributed by atoms with van der Waals surface area (Å²) in [6.07, 6.45) is 0. The zero-order valence-corrected chi connectivity index (χ0v) is 14.4. The van der Waals surface area contributed by atoms with E-state index < -0.39 is 12.1 Å². The number of hydrogen-bond donors (Lipinski definition) is 1. The lowest BCUT2D eigenvalue weighted by Crippen LogP contribution is -2.58. The molecule has 1 aromatic rings. The van der Waals surface area contributed by atoms with Crippen molar-refractivity contribution in [2.24, 2.45) is 4.99 Å². The van der Waals surface area contributed by atoms with Crippen molar-refractivity contribution < 1.29 is 19.3 Å². The van der Waals surface area contributed by atoms with Crippen LogP contribution >= 0.6 is 0 Å². The highest BCUT2D eigenvalue weighted by atomic mass is 16.3. The molecule has 0 radical (unpaired) electrons. The Morgan fingerprint density at radius 2 is 2.04 bits per heavy atom. The molecule has 0 bridgehead atoms. The Balaban J connectivity index is 2.13. The highest BCUT2D eigenvalue weighted by Crippen LogP contribution is 2.35. The Bertz CT molecular complexity index is 792. The van der Waals surface area contributed by atoms with Crippen LogP contribution in [0, 0.1) is 13.8 Å². The molecule has 0 aromatic carbocycles. The van der Waals surface area contributed by atoms with Gasteiger partial charge < -0.3 is 5.11 Å². The van der Waals surface area contributed by atoms with Gasteiger partial charge in [0.15, 0.2) is 0 Å². The van der Waals surface area contributed by atoms with Crippen molar-refractivity contribution in [3.05, 3.63) is 23.5 Å². The molecule has 1 atom stereocenters. The normalized spacial score (nSPS) is 19.5. The van der Waals surface area contributed by atoms with Gasteiger partial charge in [0.05, 0.1) is 19.7 Å². The first-order valence-electron chi connectivity index (χ1n) is 7.83. The second-order valence-electron chi connectivity index (χ2n) is 6.31. The first kappa shape index (κ1) is 16.4. The molecule has 1 fully saturated rings. The first-order valence-corrected chi connectivity index (χ1v) is 7.83. The van der Waals surface area contributed by atoms with Crippen molar-refractivity contribution in [2.75, 3.05) is 20.2 Å². The number of nitrogens with zero attached hydrogens (tertiary/aromatic N) is 5. The summed E-state index contributed by atoms with van der Waals surface area (Å²) in [7, 11) is 1.62. The van der Waals surface area contributed by atoms with E-state index in [1.807, 2.05) is 23.0 Å². The smallest absolute Gasteiger partial charge is 0.393 e. The van der Waals surface area contributed by atoms with Crippen molar-refractivity contribution in [3.63, 3.8) is 0 Å². The summed E-state index contributed by atoms with van der Waals surface area (Å²) in [4.78, 5) is 32.6. The maximum atomic E-state index is 13.0. The van der Waals surface area contributed by atoms with E-state index in [0.717, 1.165) is 17.0 Å². The van der Waals surface area contributed by atoms with Gasteiger partial charge >= 0.3 is 12.0 Å². The number of likely N-dealkylation sites (N-methyl/N-ethyl adjacent to an activating group) is 1. The highest BCUT2D eigenvalue weighted by Gasteiger charge is 2.53. The zero-order valence-electron chi connectivity index (χ0n) is 14.4. The van der Waals surface area contributed by atoms with E-state index in [2.05, 4.69) is 11.6 Å². The third-order valence-electron chi connectivity index (χ3n) is 4.58. The molecule has 3 heterocycles. The predicted octanol–water partition coefficient (Wildman–Crippen LogP) is 0.440. The van der Waals surface area contributed by atoms with Crippen LogP contribution in [0.25, 0.3) is 0 Å². The Kier molecular flexibility index (Phi) is 3.79. The number of imide groups is 1. The summed E-state index contributed by atoms with van der Waals surface area (Å²) in [5, 5.41) is 9.30. The van der Waals surface area contributed by atoms with E-state index in [1.54, 1.807) is 14.0 Å². The number of aliphatic hydroxyl groups is 1. The molecule has 128 valence electrons. The fraction of sp³-hybridized carbons (Fsp3) is 0.500. The van der Waals surface area contributed by atoms with E-state index in [4.69, 9.17) is 0 Å². The fourth-order valence-electron chi connectivity index (χ4n) is 3.29. The van der Waals surface area contributed by atoms with E-state index in [9.17, 15) is 14.7 Å². The lowest BCUT2D eigenvalue weighted by Gasteiger charge is -2.33. The van der Waals surface area contributed by atoms with Crippen LogP contribution in [0.4, 0.5) is 10.7 Å². The molecule has 0 spiro atoms. The lowest BCUT2D eigenvalue weighted by atomic mass is 10.1. The van der Waals surface area contributed by atoms with Gasteiger partial charge in [-0.1, -0.05) is 17.1 Å². The highest BCUT2D eigenvalue weighted by molar-refractivity contribution is 6.20. The molecule has 3 amide bonds. The second-order valence-corrected chi connectivity index (χ2v) is 6.31. The number of aliphatic hydroxyl groups excluding tert-OH is 1. The standard InChI is InChI=1S/C16H22N5O3/c1-9(2)8-20-14(23)12-13(18(5)16(20)24)17-15-19(6-7-22)10(3)11(4)21(12)15/h12,22H,1,6-8H2,2-5H3/q+1. The van der Waals surface area contributed by atoms with Gasteiger partial charge in [0.2, 0.25) is 11.9 Å². The molecule has 1 aromatic heterocycles. The van der Waals surface area contributed by atoms with E-state index in [-0.39, 0.29) is 19.1 Å². The van der Waals surface area contributed by atoms with Gasteiger partial charge in [0.1, 0.15) is 11.4 Å². The van der Waals surface area contributed by atoms with Crippen molar-refractivity contribution in [3.8, 4) is 0 Å². The molecule has 1 unspecified atom stereocenters. The molecular formula is C16H22N5O3+. The molecule has 2 aliphatic heterocycles. The lowest BCUT2D eigenvalue weighted by molar-refractivity contribution is -0.690. The summed E-state index contributed by atoms with van der Waals surface area (Å²) in [6.45, 7) is 9.98. The van der Waals surface area contributed by atoms with Gasteiger partial charge in [-0.2, -0.15) is 0 Å². The molecule has 24 heavy (non-hydrogen) atoms. The summed E-state index contributed by atoms with van der Waals surface area (Å²) >= 11 is 0. The van der Waals surface area contributed by atoms with Gasteiger partial charge in [-0.15, -0.1) is 0 Å². The molecule has 8 nitrogen and oxygen atoms in total. The summed E-state index contributed by atoms with van der Waals surface area (Å²) in [5.41, 5.74) is 2.58. The van der Waals surface area contributed by atoms with Gasteiger partial charge in [-0.05, 0) is 20.8 Å². The third kappa shape index (κ3) is 2.10. The van der Waals surface area contributed by atoms with E-state index in [0.29, 0.717) is 18.3 Å². The molecule has 0 aliphatic carbocycles. The fourth-order valence-corrected chi connectivity index (χ4v) is 3.29. The number of fused-ring (bicyclic) bond motifs is 3. The Labute approximate surface area is 140 Å². The van der Waals surface area contributed by atoms with Crippen LogP contribution in [0.2, 0.25) is 0 Å². The van der Waals surface area contributed by atoms with Crippen molar-refractivity contribution >= 4 is 23.7 Å². The molecule has 1 N–H and O–H groups in total. The van der Waals surface area contributed by atoms with Crippen LogP contribution in [0.15, 0.2) is 17.1 Å². The predicted molar refractivity (Wildman–Crippen MR) is 87.0 cm³/mol. The summed E-state index contributed by atoms with van der Waals surface area (Å²) in [6, 6.07) is -1.05. The molecule has 3 rings (SSSR count). The largest absolute Gasteiger partial charge is 0.402 e. The van der Waals surface area contributed by atoms with Gasteiger partial charge in [-0.3, -0.25) is 14.6 Å². The van der Waals surface area contributed by atoms with Crippen molar-refractivity contribution in [2.45, 2.75) is 33.4 Å². The monoisotopic (exact) mass is 332 g/mol. The third-order valence-corrected chi connectivity index (χ3v) is 4.58. The maximum Gasteiger partial charge on any atom is 0.402 e. The van der Waals surface area contributed by atoms with Crippen LogP contribution in [0.1, 0.15) is 24.4 Å². The van der Waals surface area contributed by atoms with Gasteiger partial charge in [0, 0.05) is 7.05 Å². The topological polar surface area (TPSA) is 82.0 Å². The number of carbonyl (C=O) groups excluding carboxylic acids is 2. The minimum absolute atomic E-state index is 0.0258. The quantitative estimate of drug-likeness (QED) is 0.641. The van der Waals surface area contributed by atoms with Crippen molar-refractivity contribution in [1.82, 2.24) is 14.4 Å². The molecule has 0 saturated carbocycles. The number of rotatable bonds is 4. The van der Waals surface area contributed by atoms with E-state index >= 15 is 0 Å². The number of amidine groups is 1. The van der Waals surface area contributed by atoms with E-state index in [1.165, 1.54) is 9.80 Å².